The molecule has 0 N–H and O–H groups in total. The minimum Gasteiger partial charge on any atom is -0.381 e. The lowest BCUT2D eigenvalue weighted by molar-refractivity contribution is -0.142. The molecule has 0 aliphatic carbocycles. The molecule has 1 aromatic carbocycles. The summed E-state index contributed by atoms with van der Waals surface area (Å²) in [4.78, 5) is 17.3. The van der Waals surface area contributed by atoms with Gasteiger partial charge in [-0.2, -0.15) is 0 Å². The third-order valence-corrected chi connectivity index (χ3v) is 5.22. The van der Waals surface area contributed by atoms with E-state index in [-0.39, 0.29) is 12.0 Å². The Morgan fingerprint density at radius 3 is 2.50 bits per heavy atom. The topological polar surface area (TPSA) is 32.8 Å². The molecular weight excluding hydrogens is 300 g/mol. The summed E-state index contributed by atoms with van der Waals surface area (Å²) in [5.74, 6) is 0.507. The highest BCUT2D eigenvalue weighted by Gasteiger charge is 2.33. The van der Waals surface area contributed by atoms with E-state index < -0.39 is 0 Å². The number of carbonyl (C=O) groups is 1. The zero-order valence-corrected chi connectivity index (χ0v) is 15.0. The van der Waals surface area contributed by atoms with E-state index in [9.17, 15) is 4.79 Å². The van der Waals surface area contributed by atoms with E-state index in [1.165, 1.54) is 17.5 Å². The summed E-state index contributed by atoms with van der Waals surface area (Å²) in [6.07, 6.45) is 5.18. The number of ether oxygens (including phenoxy) is 1. The summed E-state index contributed by atoms with van der Waals surface area (Å²) in [5.41, 5.74) is 2.61. The van der Waals surface area contributed by atoms with Crippen LogP contribution < -0.4 is 0 Å². The van der Waals surface area contributed by atoms with Gasteiger partial charge in [-0.1, -0.05) is 24.3 Å². The minimum atomic E-state index is 0.160. The number of amides is 1. The number of likely N-dealkylation sites (tertiary alicyclic amines) is 1. The van der Waals surface area contributed by atoms with Crippen LogP contribution in [0.25, 0.3) is 0 Å². The highest BCUT2D eigenvalue weighted by Crippen LogP contribution is 2.33. The van der Waals surface area contributed by atoms with Crippen molar-refractivity contribution in [3.63, 3.8) is 0 Å². The predicted octanol–water partition coefficient (Wildman–Crippen LogP) is 3.23. The van der Waals surface area contributed by atoms with Crippen molar-refractivity contribution in [3.05, 3.63) is 35.4 Å². The molecule has 2 aliphatic heterocycles. The molecule has 2 heterocycles. The van der Waals surface area contributed by atoms with Crippen LogP contribution in [-0.4, -0.2) is 49.6 Å². The molecule has 24 heavy (non-hydrogen) atoms. The van der Waals surface area contributed by atoms with Crippen molar-refractivity contribution < 1.29 is 9.53 Å². The predicted molar refractivity (Wildman–Crippen MR) is 95.7 cm³/mol. The fourth-order valence-electron chi connectivity index (χ4n) is 3.93. The Labute approximate surface area is 145 Å². The zero-order valence-electron chi connectivity index (χ0n) is 15.0. The van der Waals surface area contributed by atoms with Gasteiger partial charge < -0.3 is 14.5 Å². The SMILES string of the molecule is CN(C)Cc1ccc([C@H]2CCCCN2C(=O)C2CCOCC2)cc1. The van der Waals surface area contributed by atoms with E-state index in [2.05, 4.69) is 48.2 Å². The van der Waals surface area contributed by atoms with Crippen molar-refractivity contribution in [2.24, 2.45) is 5.92 Å². The molecule has 0 bridgehead atoms. The van der Waals surface area contributed by atoms with Crippen molar-refractivity contribution in [3.8, 4) is 0 Å². The van der Waals surface area contributed by atoms with Crippen LogP contribution in [0.1, 0.15) is 49.3 Å². The lowest BCUT2D eigenvalue weighted by Crippen LogP contribution is -2.43. The summed E-state index contributed by atoms with van der Waals surface area (Å²) in [6.45, 7) is 3.32. The molecule has 2 aliphatic rings. The molecule has 1 amide bonds. The molecule has 4 heteroatoms. The Bertz CT molecular complexity index is 535. The third kappa shape index (κ3) is 4.17. The van der Waals surface area contributed by atoms with E-state index in [1.807, 2.05) is 0 Å². The lowest BCUT2D eigenvalue weighted by Gasteiger charge is -2.39. The Morgan fingerprint density at radius 2 is 1.83 bits per heavy atom. The molecule has 0 spiro atoms. The van der Waals surface area contributed by atoms with Crippen LogP contribution in [0.3, 0.4) is 0 Å². The highest BCUT2D eigenvalue weighted by molar-refractivity contribution is 5.79. The van der Waals surface area contributed by atoms with Gasteiger partial charge in [-0.05, 0) is 57.3 Å². The zero-order chi connectivity index (χ0) is 16.9. The standard InChI is InChI=1S/C20H30N2O2/c1-21(2)15-16-6-8-17(9-7-16)19-5-3-4-12-22(19)20(23)18-10-13-24-14-11-18/h6-9,18-19H,3-5,10-15H2,1-2H3/t19-/m1/s1. The first kappa shape index (κ1) is 17.4. The molecule has 1 atom stereocenters. The number of benzene rings is 1. The lowest BCUT2D eigenvalue weighted by atomic mass is 9.91. The fraction of sp³-hybridized carbons (Fsp3) is 0.650. The Balaban J connectivity index is 1.72. The summed E-state index contributed by atoms with van der Waals surface area (Å²) in [5, 5.41) is 0. The normalized spacial score (nSPS) is 22.8. The van der Waals surface area contributed by atoms with Crippen LogP contribution in [0.4, 0.5) is 0 Å². The Hall–Kier alpha value is -1.39. The van der Waals surface area contributed by atoms with E-state index in [4.69, 9.17) is 4.74 Å². The van der Waals surface area contributed by atoms with Gasteiger partial charge in [0.05, 0.1) is 6.04 Å². The number of nitrogens with zero attached hydrogens (tertiary/aromatic N) is 2. The van der Waals surface area contributed by atoms with Gasteiger partial charge >= 0.3 is 0 Å². The maximum atomic E-state index is 13.0. The third-order valence-electron chi connectivity index (χ3n) is 5.22. The van der Waals surface area contributed by atoms with E-state index in [0.29, 0.717) is 5.91 Å². The molecule has 3 rings (SSSR count). The van der Waals surface area contributed by atoms with Gasteiger partial charge in [-0.3, -0.25) is 4.79 Å². The van der Waals surface area contributed by atoms with Crippen LogP contribution in [-0.2, 0) is 16.1 Å². The largest absolute Gasteiger partial charge is 0.381 e. The van der Waals surface area contributed by atoms with Crippen LogP contribution >= 0.6 is 0 Å². The van der Waals surface area contributed by atoms with E-state index in [1.54, 1.807) is 0 Å². The molecule has 2 fully saturated rings. The molecule has 0 aromatic heterocycles. The van der Waals surface area contributed by atoms with E-state index in [0.717, 1.165) is 52.0 Å². The smallest absolute Gasteiger partial charge is 0.226 e. The maximum absolute atomic E-state index is 13.0. The second-order valence-corrected chi connectivity index (χ2v) is 7.41. The summed E-state index contributed by atoms with van der Waals surface area (Å²) < 4.78 is 5.42. The van der Waals surface area contributed by atoms with Crippen molar-refractivity contribution in [1.82, 2.24) is 9.80 Å². The minimum absolute atomic E-state index is 0.160. The molecule has 4 nitrogen and oxygen atoms in total. The molecule has 1 aromatic rings. The van der Waals surface area contributed by atoms with Crippen LogP contribution in [0.15, 0.2) is 24.3 Å². The van der Waals surface area contributed by atoms with Gasteiger partial charge in [0, 0.05) is 32.2 Å². The molecular formula is C20H30N2O2. The average Bonchev–Trinajstić information content (AvgIpc) is 2.62. The van der Waals surface area contributed by atoms with Crippen molar-refractivity contribution >= 4 is 5.91 Å². The first-order valence-electron chi connectivity index (χ1n) is 9.27. The molecule has 132 valence electrons. The van der Waals surface area contributed by atoms with Gasteiger partial charge in [-0.15, -0.1) is 0 Å². The summed E-state index contributed by atoms with van der Waals surface area (Å²) >= 11 is 0. The maximum Gasteiger partial charge on any atom is 0.226 e. The van der Waals surface area contributed by atoms with Crippen LogP contribution in [0.5, 0.6) is 0 Å². The number of hydrogen-bond donors (Lipinski definition) is 0. The Morgan fingerprint density at radius 1 is 1.12 bits per heavy atom. The molecule has 0 radical (unpaired) electrons. The van der Waals surface area contributed by atoms with Crippen molar-refractivity contribution in [2.45, 2.75) is 44.7 Å². The van der Waals surface area contributed by atoms with Crippen LogP contribution in [0.2, 0.25) is 0 Å². The second kappa shape index (κ2) is 8.13. The van der Waals surface area contributed by atoms with Gasteiger partial charge in [0.1, 0.15) is 0 Å². The van der Waals surface area contributed by atoms with Crippen molar-refractivity contribution in [1.29, 1.82) is 0 Å². The average molecular weight is 330 g/mol. The first-order chi connectivity index (χ1) is 11.6. The summed E-state index contributed by atoms with van der Waals surface area (Å²) in [7, 11) is 4.17. The molecule has 0 saturated carbocycles. The first-order valence-corrected chi connectivity index (χ1v) is 9.27. The van der Waals surface area contributed by atoms with Gasteiger partial charge in [0.2, 0.25) is 5.91 Å². The monoisotopic (exact) mass is 330 g/mol. The fourth-order valence-corrected chi connectivity index (χ4v) is 3.93. The highest BCUT2D eigenvalue weighted by atomic mass is 16.5. The van der Waals surface area contributed by atoms with Gasteiger partial charge in [-0.25, -0.2) is 0 Å². The number of rotatable bonds is 4. The second-order valence-electron chi connectivity index (χ2n) is 7.41. The van der Waals surface area contributed by atoms with Gasteiger partial charge in [0.15, 0.2) is 0 Å². The van der Waals surface area contributed by atoms with Crippen LogP contribution in [0, 0.1) is 5.92 Å². The number of piperidine rings is 1. The van der Waals surface area contributed by atoms with Crippen molar-refractivity contribution in [2.75, 3.05) is 33.9 Å². The summed E-state index contributed by atoms with van der Waals surface area (Å²) in [6, 6.07) is 9.11. The molecule has 0 unspecified atom stereocenters. The number of hydrogen-bond acceptors (Lipinski definition) is 3. The number of carbonyl (C=O) groups excluding carboxylic acids is 1. The Kier molecular flexibility index (Phi) is 5.90. The van der Waals surface area contributed by atoms with Gasteiger partial charge in [0.25, 0.3) is 0 Å². The molecule has 2 saturated heterocycles. The van der Waals surface area contributed by atoms with E-state index >= 15 is 0 Å². The quantitative estimate of drug-likeness (QED) is 0.850.